The molecule has 0 spiro atoms. The van der Waals surface area contributed by atoms with E-state index in [1.165, 1.54) is 32.9 Å². The zero-order valence-corrected chi connectivity index (χ0v) is 15.9. The summed E-state index contributed by atoms with van der Waals surface area (Å²) in [5.74, 6) is 0.313. The molecule has 1 N–H and O–H groups in total. The summed E-state index contributed by atoms with van der Waals surface area (Å²) in [6.45, 7) is 2.20. The molecule has 4 nitrogen and oxygen atoms in total. The Morgan fingerprint density at radius 1 is 1.11 bits per heavy atom. The van der Waals surface area contributed by atoms with Crippen molar-refractivity contribution >= 4 is 5.84 Å². The summed E-state index contributed by atoms with van der Waals surface area (Å²) in [6.07, 6.45) is 3.70. The van der Waals surface area contributed by atoms with Crippen LogP contribution in [0, 0.1) is 5.41 Å². The molecule has 0 aliphatic heterocycles. The highest BCUT2D eigenvalue weighted by Gasteiger charge is 2.23. The van der Waals surface area contributed by atoms with Gasteiger partial charge in [0.05, 0.1) is 12.8 Å². The monoisotopic (exact) mass is 357 g/mol. The zero-order valence-electron chi connectivity index (χ0n) is 15.9. The van der Waals surface area contributed by atoms with Gasteiger partial charge in [-0.3, -0.25) is 15.2 Å². The summed E-state index contributed by atoms with van der Waals surface area (Å²) < 4.78 is 0. The van der Waals surface area contributed by atoms with Crippen LogP contribution in [0.25, 0.3) is 22.4 Å². The highest BCUT2D eigenvalue weighted by Crippen LogP contribution is 2.41. The average Bonchev–Trinajstić information content (AvgIpc) is 3.10. The lowest BCUT2D eigenvalue weighted by atomic mass is 9.92. The fourth-order valence-electron chi connectivity index (χ4n) is 3.92. The number of nitrogens with zero attached hydrogens (tertiary/aromatic N) is 2. The molecule has 0 amide bonds. The molecule has 0 saturated carbocycles. The van der Waals surface area contributed by atoms with Gasteiger partial charge in [-0.25, -0.2) is 5.06 Å². The molecule has 0 radical (unpaired) electrons. The van der Waals surface area contributed by atoms with Gasteiger partial charge in [0.25, 0.3) is 0 Å². The van der Waals surface area contributed by atoms with E-state index in [0.29, 0.717) is 5.84 Å². The number of aromatic nitrogens is 1. The molecule has 1 aliphatic rings. The summed E-state index contributed by atoms with van der Waals surface area (Å²) >= 11 is 0. The van der Waals surface area contributed by atoms with Gasteiger partial charge >= 0.3 is 0 Å². The lowest BCUT2D eigenvalue weighted by Gasteiger charge is -2.18. The summed E-state index contributed by atoms with van der Waals surface area (Å²) in [7, 11) is 3.29. The topological polar surface area (TPSA) is 49.2 Å². The average molecular weight is 357 g/mol. The number of pyridine rings is 1. The molecule has 0 bridgehead atoms. The molecule has 3 aromatic rings. The molecule has 4 rings (SSSR count). The Labute approximate surface area is 159 Å². The molecule has 0 saturated heterocycles. The van der Waals surface area contributed by atoms with Gasteiger partial charge in [0.1, 0.15) is 0 Å². The first-order valence-corrected chi connectivity index (χ1v) is 9.20. The summed E-state index contributed by atoms with van der Waals surface area (Å²) in [4.78, 5) is 9.75. The predicted molar refractivity (Wildman–Crippen MR) is 109 cm³/mol. The Bertz CT molecular complexity index is 1030. The van der Waals surface area contributed by atoms with E-state index in [9.17, 15) is 0 Å². The van der Waals surface area contributed by atoms with E-state index in [0.717, 1.165) is 29.7 Å². The maximum absolute atomic E-state index is 8.28. The van der Waals surface area contributed by atoms with Crippen molar-refractivity contribution in [3.63, 3.8) is 0 Å². The van der Waals surface area contributed by atoms with Gasteiger partial charge in [-0.2, -0.15) is 0 Å². The highest BCUT2D eigenvalue weighted by molar-refractivity contribution is 5.96. The Morgan fingerprint density at radius 3 is 2.67 bits per heavy atom. The minimum Gasteiger partial charge on any atom is -0.282 e. The third-order valence-electron chi connectivity index (χ3n) is 5.36. The van der Waals surface area contributed by atoms with E-state index < -0.39 is 0 Å². The number of nitrogens with one attached hydrogen (secondary N) is 1. The summed E-state index contributed by atoms with van der Waals surface area (Å²) in [5, 5.41) is 9.72. The Morgan fingerprint density at radius 2 is 1.89 bits per heavy atom. The molecule has 0 unspecified atom stereocenters. The van der Waals surface area contributed by atoms with Crippen LogP contribution in [0.15, 0.2) is 54.7 Å². The predicted octanol–water partition coefficient (Wildman–Crippen LogP) is 4.70. The van der Waals surface area contributed by atoms with Crippen molar-refractivity contribution in [2.75, 3.05) is 14.2 Å². The van der Waals surface area contributed by atoms with E-state index in [1.807, 2.05) is 12.1 Å². The first-order chi connectivity index (χ1) is 13.1. The molecule has 0 fully saturated rings. The molecular formula is C23H23N3O. The van der Waals surface area contributed by atoms with Crippen molar-refractivity contribution in [1.29, 1.82) is 5.41 Å². The molecule has 1 heterocycles. The van der Waals surface area contributed by atoms with E-state index in [4.69, 9.17) is 10.2 Å². The fourth-order valence-corrected chi connectivity index (χ4v) is 3.92. The number of rotatable bonds is 4. The van der Waals surface area contributed by atoms with E-state index in [2.05, 4.69) is 48.3 Å². The largest absolute Gasteiger partial charge is 0.282 e. The van der Waals surface area contributed by atoms with Crippen molar-refractivity contribution < 1.29 is 4.84 Å². The Hall–Kier alpha value is -2.98. The Balaban J connectivity index is 1.80. The minimum absolute atomic E-state index is 0.313. The third kappa shape index (κ3) is 2.92. The van der Waals surface area contributed by atoms with Crippen LogP contribution in [-0.2, 0) is 17.7 Å². The first kappa shape index (κ1) is 17.4. The van der Waals surface area contributed by atoms with Crippen molar-refractivity contribution in [3.8, 4) is 22.4 Å². The van der Waals surface area contributed by atoms with Crippen molar-refractivity contribution in [1.82, 2.24) is 10.0 Å². The number of benzene rings is 2. The van der Waals surface area contributed by atoms with E-state index in [1.54, 1.807) is 20.4 Å². The molecule has 0 atom stereocenters. The smallest absolute Gasteiger partial charge is 0.152 e. The van der Waals surface area contributed by atoms with Crippen LogP contribution in [0.2, 0.25) is 0 Å². The van der Waals surface area contributed by atoms with Crippen LogP contribution < -0.4 is 0 Å². The van der Waals surface area contributed by atoms with E-state index >= 15 is 0 Å². The van der Waals surface area contributed by atoms with Crippen LogP contribution >= 0.6 is 0 Å². The maximum atomic E-state index is 8.28. The van der Waals surface area contributed by atoms with Crippen molar-refractivity contribution in [3.05, 3.63) is 77.0 Å². The lowest BCUT2D eigenvalue weighted by molar-refractivity contribution is -0.0418. The lowest BCUT2D eigenvalue weighted by Crippen LogP contribution is -2.25. The number of hydrogen-bond donors (Lipinski definition) is 1. The normalized spacial score (nSPS) is 11.8. The molecule has 1 aromatic heterocycles. The number of hydrogen-bond acceptors (Lipinski definition) is 3. The molecule has 2 aromatic carbocycles. The highest BCUT2D eigenvalue weighted by atomic mass is 16.7. The quantitative estimate of drug-likeness (QED) is 0.327. The van der Waals surface area contributed by atoms with Crippen LogP contribution in [0.1, 0.15) is 29.2 Å². The van der Waals surface area contributed by atoms with Crippen LogP contribution in [0.4, 0.5) is 0 Å². The van der Waals surface area contributed by atoms with Crippen LogP contribution in [0.5, 0.6) is 0 Å². The molecule has 27 heavy (non-hydrogen) atoms. The van der Waals surface area contributed by atoms with Crippen LogP contribution in [-0.4, -0.2) is 30.0 Å². The molecule has 136 valence electrons. The molecular weight excluding hydrogens is 334 g/mol. The first-order valence-electron chi connectivity index (χ1n) is 9.20. The zero-order chi connectivity index (χ0) is 19.0. The second-order valence-electron chi connectivity index (χ2n) is 6.76. The molecule has 4 heteroatoms. The van der Waals surface area contributed by atoms with Gasteiger partial charge in [-0.05, 0) is 52.8 Å². The van der Waals surface area contributed by atoms with Gasteiger partial charge < -0.3 is 0 Å². The second-order valence-corrected chi connectivity index (χ2v) is 6.76. The van der Waals surface area contributed by atoms with Crippen molar-refractivity contribution in [2.24, 2.45) is 0 Å². The second kappa shape index (κ2) is 6.97. The molecule has 1 aliphatic carbocycles. The van der Waals surface area contributed by atoms with Gasteiger partial charge in [0.2, 0.25) is 0 Å². The van der Waals surface area contributed by atoms with Gasteiger partial charge in [-0.1, -0.05) is 43.3 Å². The van der Waals surface area contributed by atoms with Crippen LogP contribution in [0.3, 0.4) is 0 Å². The number of amidine groups is 1. The fraction of sp³-hybridized carbons (Fsp3) is 0.217. The maximum Gasteiger partial charge on any atom is 0.152 e. The Kier molecular flexibility index (Phi) is 4.50. The SMILES string of the molecule is CCc1c(-c2cc(C(=N)N(C)OC)ccn2)ccc2c1Cc1ccccc1-2. The minimum atomic E-state index is 0.313. The van der Waals surface area contributed by atoms with E-state index in [-0.39, 0.29) is 0 Å². The van der Waals surface area contributed by atoms with Crippen molar-refractivity contribution in [2.45, 2.75) is 19.8 Å². The number of fused-ring (bicyclic) bond motifs is 3. The summed E-state index contributed by atoms with van der Waals surface area (Å²) in [6, 6.07) is 16.9. The summed E-state index contributed by atoms with van der Waals surface area (Å²) in [5.41, 5.74) is 9.68. The van der Waals surface area contributed by atoms with Gasteiger partial charge in [-0.15, -0.1) is 0 Å². The van der Waals surface area contributed by atoms with Gasteiger partial charge in [0, 0.05) is 24.4 Å². The standard InChI is InChI=1S/C23H23N3O/c1-4-17-20(22-14-16(11-12-25-22)23(24)26(2)27-3)10-9-19-18-8-6-5-7-15(18)13-21(17)19/h5-12,14,24H,4,13H2,1-3H3. The number of hydroxylamine groups is 2. The van der Waals surface area contributed by atoms with Gasteiger partial charge in [0.15, 0.2) is 5.84 Å². The third-order valence-corrected chi connectivity index (χ3v) is 5.36.